The Kier molecular flexibility index (Phi) is 2.17. The van der Waals surface area contributed by atoms with Crippen molar-refractivity contribution in [3.05, 3.63) is 84.2 Å². The molecule has 0 amide bonds. The standard InChI is InChI=1S/C22H14N2/c1-2-6-15-14(5-1)13-19-16(15)9-10-18-17-7-3-4-8-20(17)24-12-11-23-22(24)21(18)19/h1-12H,13H2. The second-order valence-corrected chi connectivity index (χ2v) is 6.49. The summed E-state index contributed by atoms with van der Waals surface area (Å²) in [5, 5.41) is 3.89. The van der Waals surface area contributed by atoms with E-state index >= 15 is 0 Å². The number of para-hydroxylation sites is 1. The maximum absolute atomic E-state index is 4.70. The van der Waals surface area contributed by atoms with E-state index in [1.807, 2.05) is 6.20 Å². The molecule has 1 aliphatic carbocycles. The van der Waals surface area contributed by atoms with Crippen LogP contribution in [0, 0.1) is 0 Å². The number of hydrogen-bond donors (Lipinski definition) is 0. The van der Waals surface area contributed by atoms with E-state index in [0.29, 0.717) is 0 Å². The summed E-state index contributed by atoms with van der Waals surface area (Å²) in [6.07, 6.45) is 4.96. The Morgan fingerprint density at radius 3 is 2.67 bits per heavy atom. The number of pyridine rings is 1. The van der Waals surface area contributed by atoms with Crippen molar-refractivity contribution in [2.45, 2.75) is 6.42 Å². The fraction of sp³-hybridized carbons (Fsp3) is 0.0455. The van der Waals surface area contributed by atoms with Crippen molar-refractivity contribution < 1.29 is 0 Å². The smallest absolute Gasteiger partial charge is 0.145 e. The maximum Gasteiger partial charge on any atom is 0.145 e. The highest BCUT2D eigenvalue weighted by Crippen LogP contribution is 2.42. The average Bonchev–Trinajstić information content (AvgIpc) is 3.26. The van der Waals surface area contributed by atoms with Crippen molar-refractivity contribution in [2.24, 2.45) is 0 Å². The van der Waals surface area contributed by atoms with Crippen molar-refractivity contribution >= 4 is 27.3 Å². The van der Waals surface area contributed by atoms with Crippen molar-refractivity contribution in [2.75, 3.05) is 0 Å². The molecule has 5 aromatic rings. The van der Waals surface area contributed by atoms with Gasteiger partial charge in [0.2, 0.25) is 0 Å². The number of nitrogens with zero attached hydrogens (tertiary/aromatic N) is 2. The molecule has 1 aliphatic rings. The van der Waals surface area contributed by atoms with Gasteiger partial charge in [-0.1, -0.05) is 54.6 Å². The van der Waals surface area contributed by atoms with Crippen LogP contribution in [0.1, 0.15) is 11.1 Å². The predicted octanol–water partition coefficient (Wildman–Crippen LogP) is 5.21. The molecule has 0 atom stereocenters. The van der Waals surface area contributed by atoms with Crippen LogP contribution in [-0.4, -0.2) is 9.38 Å². The average molecular weight is 306 g/mol. The first-order chi connectivity index (χ1) is 11.9. The van der Waals surface area contributed by atoms with Crippen LogP contribution in [0.4, 0.5) is 0 Å². The molecule has 3 aromatic carbocycles. The van der Waals surface area contributed by atoms with Crippen molar-refractivity contribution in [3.63, 3.8) is 0 Å². The Morgan fingerprint density at radius 1 is 0.792 bits per heavy atom. The van der Waals surface area contributed by atoms with Gasteiger partial charge in [0.05, 0.1) is 5.52 Å². The van der Waals surface area contributed by atoms with Gasteiger partial charge in [-0.15, -0.1) is 0 Å². The summed E-state index contributed by atoms with van der Waals surface area (Å²) in [5.41, 5.74) is 7.83. The van der Waals surface area contributed by atoms with E-state index in [4.69, 9.17) is 4.98 Å². The zero-order chi connectivity index (χ0) is 15.7. The third-order valence-corrected chi connectivity index (χ3v) is 5.31. The van der Waals surface area contributed by atoms with Crippen LogP contribution in [0.25, 0.3) is 38.4 Å². The Bertz CT molecular complexity index is 1280. The third-order valence-electron chi connectivity index (χ3n) is 5.31. The van der Waals surface area contributed by atoms with Gasteiger partial charge in [0.15, 0.2) is 0 Å². The number of rotatable bonds is 0. The molecule has 0 radical (unpaired) electrons. The lowest BCUT2D eigenvalue weighted by molar-refractivity contribution is 1.25. The Balaban J connectivity index is 1.88. The first kappa shape index (κ1) is 12.3. The predicted molar refractivity (Wildman–Crippen MR) is 98.4 cm³/mol. The Hall–Kier alpha value is -3.13. The quantitative estimate of drug-likeness (QED) is 0.352. The van der Waals surface area contributed by atoms with E-state index in [1.54, 1.807) is 0 Å². The van der Waals surface area contributed by atoms with E-state index in [9.17, 15) is 0 Å². The summed E-state index contributed by atoms with van der Waals surface area (Å²) in [6, 6.07) is 21.9. The van der Waals surface area contributed by atoms with Gasteiger partial charge in [-0.05, 0) is 40.1 Å². The van der Waals surface area contributed by atoms with Gasteiger partial charge in [-0.2, -0.15) is 0 Å². The summed E-state index contributed by atoms with van der Waals surface area (Å²) in [5.74, 6) is 0. The fourth-order valence-electron chi connectivity index (χ4n) is 4.29. The Morgan fingerprint density at radius 2 is 1.67 bits per heavy atom. The second kappa shape index (κ2) is 4.24. The summed E-state index contributed by atoms with van der Waals surface area (Å²) in [6.45, 7) is 0. The van der Waals surface area contributed by atoms with E-state index < -0.39 is 0 Å². The van der Waals surface area contributed by atoms with E-state index in [0.717, 1.165) is 12.1 Å². The number of aromatic nitrogens is 2. The third kappa shape index (κ3) is 1.39. The SMILES string of the molecule is c1ccc2c(c1)Cc1c-2ccc2c3ccccc3n3ccnc3c12. The van der Waals surface area contributed by atoms with Crippen LogP contribution in [0.3, 0.4) is 0 Å². The zero-order valence-electron chi connectivity index (χ0n) is 13.0. The van der Waals surface area contributed by atoms with Crippen LogP contribution in [-0.2, 0) is 6.42 Å². The minimum atomic E-state index is 0.990. The molecule has 0 saturated carbocycles. The molecule has 0 bridgehead atoms. The van der Waals surface area contributed by atoms with Crippen LogP contribution < -0.4 is 0 Å². The summed E-state index contributed by atoms with van der Waals surface area (Å²) >= 11 is 0. The lowest BCUT2D eigenvalue weighted by atomic mass is 9.97. The van der Waals surface area contributed by atoms with E-state index in [1.165, 1.54) is 43.9 Å². The molecule has 2 heteroatoms. The molecule has 0 spiro atoms. The van der Waals surface area contributed by atoms with E-state index in [-0.39, 0.29) is 0 Å². The lowest BCUT2D eigenvalue weighted by Crippen LogP contribution is -1.93. The molecule has 0 saturated heterocycles. The number of imidazole rings is 1. The van der Waals surface area contributed by atoms with Crippen molar-refractivity contribution in [1.29, 1.82) is 0 Å². The zero-order valence-corrected chi connectivity index (χ0v) is 13.0. The number of fused-ring (bicyclic) bond motifs is 10. The van der Waals surface area contributed by atoms with E-state index in [2.05, 4.69) is 71.3 Å². The minimum Gasteiger partial charge on any atom is -0.299 e. The van der Waals surface area contributed by atoms with Gasteiger partial charge in [0, 0.05) is 23.2 Å². The van der Waals surface area contributed by atoms with Crippen LogP contribution in [0.5, 0.6) is 0 Å². The summed E-state index contributed by atoms with van der Waals surface area (Å²) in [4.78, 5) is 4.70. The second-order valence-electron chi connectivity index (χ2n) is 6.49. The highest BCUT2D eigenvalue weighted by molar-refractivity contribution is 6.15. The van der Waals surface area contributed by atoms with Gasteiger partial charge in [-0.25, -0.2) is 4.98 Å². The normalized spacial score (nSPS) is 12.8. The monoisotopic (exact) mass is 306 g/mol. The minimum absolute atomic E-state index is 0.990. The fourth-order valence-corrected chi connectivity index (χ4v) is 4.29. The molecule has 2 heterocycles. The van der Waals surface area contributed by atoms with Gasteiger partial charge < -0.3 is 0 Å². The lowest BCUT2D eigenvalue weighted by Gasteiger charge is -2.12. The van der Waals surface area contributed by atoms with Crippen LogP contribution in [0.15, 0.2) is 73.1 Å². The summed E-state index contributed by atoms with van der Waals surface area (Å²) in [7, 11) is 0. The Labute approximate surface area is 139 Å². The van der Waals surface area contributed by atoms with Gasteiger partial charge >= 0.3 is 0 Å². The highest BCUT2D eigenvalue weighted by Gasteiger charge is 2.22. The molecule has 0 fully saturated rings. The van der Waals surface area contributed by atoms with Crippen LogP contribution >= 0.6 is 0 Å². The number of benzene rings is 3. The number of hydrogen-bond acceptors (Lipinski definition) is 1. The molecule has 6 rings (SSSR count). The molecule has 112 valence electrons. The van der Waals surface area contributed by atoms with Crippen molar-refractivity contribution in [1.82, 2.24) is 9.38 Å². The van der Waals surface area contributed by atoms with Gasteiger partial charge in [0.25, 0.3) is 0 Å². The molecule has 0 N–H and O–H groups in total. The molecular weight excluding hydrogens is 292 g/mol. The molecule has 2 aromatic heterocycles. The topological polar surface area (TPSA) is 17.3 Å². The van der Waals surface area contributed by atoms with Gasteiger partial charge in [-0.3, -0.25) is 4.40 Å². The maximum atomic E-state index is 4.70. The molecule has 0 aliphatic heterocycles. The highest BCUT2D eigenvalue weighted by atomic mass is 15.0. The molecular formula is C22H14N2. The van der Waals surface area contributed by atoms with Crippen LogP contribution in [0.2, 0.25) is 0 Å². The molecule has 2 nitrogen and oxygen atoms in total. The first-order valence-electron chi connectivity index (χ1n) is 8.29. The van der Waals surface area contributed by atoms with Gasteiger partial charge in [0.1, 0.15) is 5.65 Å². The van der Waals surface area contributed by atoms with Crippen molar-refractivity contribution in [3.8, 4) is 11.1 Å². The molecule has 24 heavy (non-hydrogen) atoms. The first-order valence-corrected chi connectivity index (χ1v) is 8.29. The summed E-state index contributed by atoms with van der Waals surface area (Å²) < 4.78 is 2.22. The largest absolute Gasteiger partial charge is 0.299 e. The molecule has 0 unspecified atom stereocenters.